The number of benzene rings is 1. The van der Waals surface area contributed by atoms with E-state index in [0.717, 1.165) is 28.2 Å². The number of carbonyl (C=O) groups is 1. The topological polar surface area (TPSA) is 75.1 Å². The third-order valence-corrected chi connectivity index (χ3v) is 6.29. The number of hydrogen-bond donors (Lipinski definition) is 2. The molecule has 2 heterocycles. The van der Waals surface area contributed by atoms with Crippen molar-refractivity contribution < 1.29 is 9.90 Å². The number of anilines is 1. The van der Waals surface area contributed by atoms with E-state index in [1.54, 1.807) is 23.6 Å². The van der Waals surface area contributed by atoms with E-state index in [1.807, 2.05) is 44.2 Å². The standard InChI is InChI=1S/C22H23Cl2N3O2S.C2H6/c1-13(2)9-19-20(14-6-7-17(23)18(24)11-14)27-22(30-19)26-12-15(21(28)29)10-16-5-3-4-8-25-16;1-2/h3-8,11,13,15H,9-10,12H2,1-2H3,(H,26,27)(H,28,29);1-2H3. The molecule has 2 aromatic heterocycles. The molecular weight excluding hydrogens is 465 g/mol. The van der Waals surface area contributed by atoms with Gasteiger partial charge in [0.25, 0.3) is 0 Å². The Bertz CT molecular complexity index is 1010. The zero-order valence-corrected chi connectivity index (χ0v) is 21.1. The lowest BCUT2D eigenvalue weighted by atomic mass is 10.0. The summed E-state index contributed by atoms with van der Waals surface area (Å²) in [7, 11) is 0. The number of carboxylic acids is 1. The number of rotatable bonds is 9. The minimum Gasteiger partial charge on any atom is -0.481 e. The van der Waals surface area contributed by atoms with Gasteiger partial charge in [0, 0.05) is 35.3 Å². The third-order valence-electron chi connectivity index (χ3n) is 4.51. The molecule has 0 amide bonds. The van der Waals surface area contributed by atoms with Crippen LogP contribution in [0.2, 0.25) is 10.0 Å². The quantitative estimate of drug-likeness (QED) is 0.332. The van der Waals surface area contributed by atoms with Crippen LogP contribution in [-0.2, 0) is 17.6 Å². The van der Waals surface area contributed by atoms with Crippen molar-refractivity contribution in [3.8, 4) is 11.3 Å². The molecule has 3 aromatic rings. The van der Waals surface area contributed by atoms with Crippen LogP contribution in [0.25, 0.3) is 11.3 Å². The fraction of sp³-hybridized carbons (Fsp3) is 0.375. The molecule has 1 atom stereocenters. The number of halogens is 2. The Kier molecular flexibility index (Phi) is 10.4. The first-order valence-corrected chi connectivity index (χ1v) is 12.2. The molecule has 32 heavy (non-hydrogen) atoms. The number of thiazole rings is 1. The summed E-state index contributed by atoms with van der Waals surface area (Å²) < 4.78 is 0. The summed E-state index contributed by atoms with van der Waals surface area (Å²) in [5.74, 6) is -1.02. The summed E-state index contributed by atoms with van der Waals surface area (Å²) >= 11 is 13.8. The second-order valence-corrected chi connectivity index (χ2v) is 9.36. The molecule has 0 aliphatic heterocycles. The lowest BCUT2D eigenvalue weighted by Crippen LogP contribution is -2.25. The van der Waals surface area contributed by atoms with E-state index >= 15 is 0 Å². The highest BCUT2D eigenvalue weighted by Gasteiger charge is 2.21. The number of aliphatic carboxylic acids is 1. The number of aromatic nitrogens is 2. The fourth-order valence-corrected chi connectivity index (χ4v) is 4.53. The van der Waals surface area contributed by atoms with E-state index in [2.05, 4.69) is 24.1 Å². The van der Waals surface area contributed by atoms with Crippen LogP contribution < -0.4 is 5.32 Å². The molecule has 8 heteroatoms. The lowest BCUT2D eigenvalue weighted by molar-refractivity contribution is -0.141. The molecule has 0 aliphatic carbocycles. The fourth-order valence-electron chi connectivity index (χ4n) is 3.03. The van der Waals surface area contributed by atoms with E-state index in [1.165, 1.54) is 0 Å². The van der Waals surface area contributed by atoms with Crippen molar-refractivity contribution in [2.45, 2.75) is 40.5 Å². The van der Waals surface area contributed by atoms with Crippen LogP contribution in [-0.4, -0.2) is 27.6 Å². The molecule has 0 spiro atoms. The number of hydrogen-bond acceptors (Lipinski definition) is 5. The van der Waals surface area contributed by atoms with Gasteiger partial charge in [0.2, 0.25) is 0 Å². The summed E-state index contributed by atoms with van der Waals surface area (Å²) in [6.07, 6.45) is 2.89. The first-order chi connectivity index (χ1) is 15.3. The minimum atomic E-state index is -0.864. The van der Waals surface area contributed by atoms with E-state index in [4.69, 9.17) is 28.2 Å². The van der Waals surface area contributed by atoms with Crippen LogP contribution in [0.5, 0.6) is 0 Å². The van der Waals surface area contributed by atoms with Crippen LogP contribution in [0.3, 0.4) is 0 Å². The van der Waals surface area contributed by atoms with Crippen molar-refractivity contribution in [3.63, 3.8) is 0 Å². The Morgan fingerprint density at radius 3 is 2.47 bits per heavy atom. The largest absolute Gasteiger partial charge is 0.481 e. The molecule has 0 fully saturated rings. The summed E-state index contributed by atoms with van der Waals surface area (Å²) in [4.78, 5) is 21.8. The maximum Gasteiger partial charge on any atom is 0.308 e. The molecule has 1 aromatic carbocycles. The smallest absolute Gasteiger partial charge is 0.308 e. The van der Waals surface area contributed by atoms with Crippen LogP contribution >= 0.6 is 34.5 Å². The van der Waals surface area contributed by atoms with Crippen molar-refractivity contribution >= 4 is 45.6 Å². The summed E-state index contributed by atoms with van der Waals surface area (Å²) in [5, 5.41) is 14.5. The zero-order chi connectivity index (χ0) is 23.7. The van der Waals surface area contributed by atoms with Crippen LogP contribution in [0.15, 0.2) is 42.6 Å². The molecule has 1 unspecified atom stereocenters. The Morgan fingerprint density at radius 2 is 1.88 bits per heavy atom. The monoisotopic (exact) mass is 493 g/mol. The lowest BCUT2D eigenvalue weighted by Gasteiger charge is -2.12. The van der Waals surface area contributed by atoms with Gasteiger partial charge in [-0.1, -0.05) is 63.0 Å². The average molecular weight is 494 g/mol. The number of nitrogens with zero attached hydrogens (tertiary/aromatic N) is 2. The number of carboxylic acid groups (broad SMARTS) is 1. The van der Waals surface area contributed by atoms with E-state index < -0.39 is 11.9 Å². The first-order valence-electron chi connectivity index (χ1n) is 10.6. The molecule has 0 saturated heterocycles. The molecule has 2 N–H and O–H groups in total. The minimum absolute atomic E-state index is 0.265. The van der Waals surface area contributed by atoms with Gasteiger partial charge in [-0.05, 0) is 36.6 Å². The number of nitrogens with one attached hydrogen (secondary N) is 1. The van der Waals surface area contributed by atoms with Gasteiger partial charge in [-0.2, -0.15) is 0 Å². The molecule has 3 rings (SSSR count). The van der Waals surface area contributed by atoms with Crippen molar-refractivity contribution in [1.29, 1.82) is 0 Å². The SMILES string of the molecule is CC.CC(C)Cc1sc(NCC(Cc2ccccn2)C(=O)O)nc1-c1ccc(Cl)c(Cl)c1. The van der Waals surface area contributed by atoms with Crippen LogP contribution in [0.1, 0.15) is 38.3 Å². The molecule has 172 valence electrons. The zero-order valence-electron chi connectivity index (χ0n) is 18.7. The summed E-state index contributed by atoms with van der Waals surface area (Å²) in [6.45, 7) is 8.57. The third kappa shape index (κ3) is 7.47. The molecule has 0 bridgehead atoms. The van der Waals surface area contributed by atoms with Gasteiger partial charge in [-0.15, -0.1) is 11.3 Å². The highest BCUT2D eigenvalue weighted by Crippen LogP contribution is 2.35. The molecule has 5 nitrogen and oxygen atoms in total. The van der Waals surface area contributed by atoms with Crippen molar-refractivity contribution in [1.82, 2.24) is 9.97 Å². The van der Waals surface area contributed by atoms with Crippen LogP contribution in [0.4, 0.5) is 5.13 Å². The normalized spacial score (nSPS) is 11.6. The Balaban J connectivity index is 0.00000176. The van der Waals surface area contributed by atoms with Gasteiger partial charge >= 0.3 is 5.97 Å². The second kappa shape index (κ2) is 12.8. The number of pyridine rings is 1. The Labute approximate surface area is 203 Å². The molecule has 0 aliphatic rings. The van der Waals surface area contributed by atoms with Gasteiger partial charge in [0.15, 0.2) is 5.13 Å². The highest BCUT2D eigenvalue weighted by molar-refractivity contribution is 7.16. The Hall–Kier alpha value is -2.15. The second-order valence-electron chi connectivity index (χ2n) is 7.46. The maximum atomic E-state index is 11.7. The van der Waals surface area contributed by atoms with Gasteiger partial charge in [0.05, 0.1) is 21.7 Å². The van der Waals surface area contributed by atoms with Gasteiger partial charge < -0.3 is 10.4 Å². The van der Waals surface area contributed by atoms with E-state index in [0.29, 0.717) is 27.5 Å². The predicted octanol–water partition coefficient (Wildman–Crippen LogP) is 7.09. The van der Waals surface area contributed by atoms with Crippen molar-refractivity contribution in [3.05, 3.63) is 63.2 Å². The molecule has 0 radical (unpaired) electrons. The average Bonchev–Trinajstić information content (AvgIpc) is 3.17. The van der Waals surface area contributed by atoms with E-state index in [9.17, 15) is 9.90 Å². The summed E-state index contributed by atoms with van der Waals surface area (Å²) in [6, 6.07) is 11.0. The van der Waals surface area contributed by atoms with Crippen molar-refractivity contribution in [2.75, 3.05) is 11.9 Å². The molecular formula is C24H29Cl2N3O2S. The van der Waals surface area contributed by atoms with Gasteiger partial charge in [-0.3, -0.25) is 9.78 Å². The van der Waals surface area contributed by atoms with E-state index in [-0.39, 0.29) is 6.54 Å². The van der Waals surface area contributed by atoms with Gasteiger partial charge in [-0.25, -0.2) is 4.98 Å². The maximum absolute atomic E-state index is 11.7. The highest BCUT2D eigenvalue weighted by atomic mass is 35.5. The van der Waals surface area contributed by atoms with Crippen molar-refractivity contribution in [2.24, 2.45) is 11.8 Å². The Morgan fingerprint density at radius 1 is 1.12 bits per heavy atom. The van der Waals surface area contributed by atoms with Gasteiger partial charge in [0.1, 0.15) is 0 Å². The summed E-state index contributed by atoms with van der Waals surface area (Å²) in [5.41, 5.74) is 2.50. The predicted molar refractivity (Wildman–Crippen MR) is 135 cm³/mol. The molecule has 0 saturated carbocycles. The first kappa shape index (κ1) is 26.1. The van der Waals surface area contributed by atoms with Crippen LogP contribution in [0, 0.1) is 11.8 Å².